The third kappa shape index (κ3) is 7.27. The highest BCUT2D eigenvalue weighted by molar-refractivity contribution is 7.84. The van der Waals surface area contributed by atoms with Crippen LogP contribution in [0.3, 0.4) is 0 Å². The zero-order valence-electron chi connectivity index (χ0n) is 13.8. The van der Waals surface area contributed by atoms with E-state index in [1.807, 2.05) is 32.6 Å². The van der Waals surface area contributed by atoms with Gasteiger partial charge in [-0.05, 0) is 40.0 Å². The van der Waals surface area contributed by atoms with Crippen molar-refractivity contribution in [3.63, 3.8) is 0 Å². The van der Waals surface area contributed by atoms with E-state index in [-0.39, 0.29) is 12.1 Å². The summed E-state index contributed by atoms with van der Waals surface area (Å²) in [6.45, 7) is 9.86. The molecule has 1 N–H and O–H groups in total. The van der Waals surface area contributed by atoms with Gasteiger partial charge in [-0.15, -0.1) is 0 Å². The summed E-state index contributed by atoms with van der Waals surface area (Å²) in [4.78, 5) is 14.1. The molecule has 1 amide bonds. The molecule has 0 aromatic heterocycles. The summed E-state index contributed by atoms with van der Waals surface area (Å²) >= 11 is 0. The Morgan fingerprint density at radius 2 is 2.10 bits per heavy atom. The van der Waals surface area contributed by atoms with E-state index in [0.29, 0.717) is 11.5 Å². The number of likely N-dealkylation sites (tertiary alicyclic amines) is 1. The predicted octanol–water partition coefficient (Wildman–Crippen LogP) is 2.13. The van der Waals surface area contributed by atoms with Gasteiger partial charge in [-0.25, -0.2) is 4.79 Å². The normalized spacial score (nSPS) is 21.1. The van der Waals surface area contributed by atoms with Crippen LogP contribution in [0.4, 0.5) is 4.79 Å². The van der Waals surface area contributed by atoms with Gasteiger partial charge in [0, 0.05) is 48.0 Å². The van der Waals surface area contributed by atoms with Crippen molar-refractivity contribution in [2.75, 3.05) is 31.1 Å². The summed E-state index contributed by atoms with van der Waals surface area (Å²) in [5.74, 6) is 1.38. The summed E-state index contributed by atoms with van der Waals surface area (Å²) in [5, 5.41) is 3.33. The molecule has 1 aliphatic rings. The van der Waals surface area contributed by atoms with Gasteiger partial charge in [-0.1, -0.05) is 6.92 Å². The van der Waals surface area contributed by atoms with E-state index in [0.717, 1.165) is 38.9 Å². The largest absolute Gasteiger partial charge is 0.444 e. The van der Waals surface area contributed by atoms with E-state index in [9.17, 15) is 9.00 Å². The highest BCUT2D eigenvalue weighted by Crippen LogP contribution is 2.19. The summed E-state index contributed by atoms with van der Waals surface area (Å²) in [7, 11) is -0.732. The quantitative estimate of drug-likeness (QED) is 0.762. The van der Waals surface area contributed by atoms with Crippen LogP contribution in [-0.2, 0) is 15.5 Å². The highest BCUT2D eigenvalue weighted by atomic mass is 32.2. The fraction of sp³-hybridized carbons (Fsp3) is 0.933. The zero-order valence-corrected chi connectivity index (χ0v) is 14.6. The third-order valence-electron chi connectivity index (χ3n) is 3.46. The lowest BCUT2D eigenvalue weighted by atomic mass is 10.0. The van der Waals surface area contributed by atoms with Gasteiger partial charge in [0.15, 0.2) is 0 Å². The van der Waals surface area contributed by atoms with E-state index in [1.165, 1.54) is 0 Å². The summed E-state index contributed by atoms with van der Waals surface area (Å²) in [5.41, 5.74) is -0.454. The van der Waals surface area contributed by atoms with Crippen LogP contribution in [-0.4, -0.2) is 58.0 Å². The number of nitrogens with zero attached hydrogens (tertiary/aromatic N) is 1. The van der Waals surface area contributed by atoms with Crippen molar-refractivity contribution in [3.05, 3.63) is 0 Å². The highest BCUT2D eigenvalue weighted by Gasteiger charge is 2.30. The topological polar surface area (TPSA) is 58.6 Å². The van der Waals surface area contributed by atoms with Gasteiger partial charge < -0.3 is 15.0 Å². The van der Waals surface area contributed by atoms with Gasteiger partial charge in [0.25, 0.3) is 0 Å². The fourth-order valence-corrected chi connectivity index (χ4v) is 3.03. The number of nitrogens with one attached hydrogen (secondary N) is 1. The number of amides is 1. The van der Waals surface area contributed by atoms with Crippen LogP contribution in [0, 0.1) is 0 Å². The monoisotopic (exact) mass is 318 g/mol. The first-order valence-corrected chi connectivity index (χ1v) is 9.37. The first-order valence-electron chi connectivity index (χ1n) is 7.89. The Kier molecular flexibility index (Phi) is 7.66. The third-order valence-corrected chi connectivity index (χ3v) is 4.77. The maximum absolute atomic E-state index is 12.2. The maximum atomic E-state index is 12.2. The van der Waals surface area contributed by atoms with Crippen LogP contribution < -0.4 is 5.32 Å². The van der Waals surface area contributed by atoms with Crippen LogP contribution in [0.5, 0.6) is 0 Å². The molecule has 1 heterocycles. The number of rotatable bonds is 6. The lowest BCUT2D eigenvalue weighted by Gasteiger charge is -2.36. The second kappa shape index (κ2) is 8.73. The van der Waals surface area contributed by atoms with Crippen LogP contribution in [0.2, 0.25) is 0 Å². The standard InChI is InChI=1S/C15H30N2O3S/c1-5-21(19)11-9-16-12-13-8-6-7-10-17(13)14(18)20-15(2,3)4/h13,16H,5-12H2,1-4H3. The molecule has 2 atom stereocenters. The van der Waals surface area contributed by atoms with Gasteiger partial charge in [-0.3, -0.25) is 4.21 Å². The van der Waals surface area contributed by atoms with Crippen LogP contribution >= 0.6 is 0 Å². The molecule has 21 heavy (non-hydrogen) atoms. The van der Waals surface area contributed by atoms with E-state index in [2.05, 4.69) is 5.32 Å². The number of hydrogen-bond acceptors (Lipinski definition) is 4. The minimum Gasteiger partial charge on any atom is -0.444 e. The van der Waals surface area contributed by atoms with Gasteiger partial charge in [-0.2, -0.15) is 0 Å². The molecule has 6 heteroatoms. The fourth-order valence-electron chi connectivity index (χ4n) is 2.37. The molecule has 0 aromatic carbocycles. The van der Waals surface area contributed by atoms with Crippen molar-refractivity contribution in [2.24, 2.45) is 0 Å². The number of piperidine rings is 1. The molecule has 5 nitrogen and oxygen atoms in total. The lowest BCUT2D eigenvalue weighted by Crippen LogP contribution is -2.50. The molecule has 1 fully saturated rings. The Labute approximate surface area is 131 Å². The molecule has 0 saturated carbocycles. The molecular weight excluding hydrogens is 288 g/mol. The molecule has 0 aliphatic carbocycles. The number of ether oxygens (including phenoxy) is 1. The van der Waals surface area contributed by atoms with Crippen molar-refractivity contribution >= 4 is 16.9 Å². The first kappa shape index (κ1) is 18.4. The second-order valence-corrected chi connectivity index (χ2v) is 8.33. The SMILES string of the molecule is CCS(=O)CCNCC1CCCCN1C(=O)OC(C)(C)C. The molecule has 0 bridgehead atoms. The minimum atomic E-state index is -0.732. The van der Waals surface area contributed by atoms with Crippen molar-refractivity contribution < 1.29 is 13.7 Å². The van der Waals surface area contributed by atoms with Gasteiger partial charge in [0.1, 0.15) is 5.60 Å². The lowest BCUT2D eigenvalue weighted by molar-refractivity contribution is 0.0100. The van der Waals surface area contributed by atoms with Crippen LogP contribution in [0.25, 0.3) is 0 Å². The van der Waals surface area contributed by atoms with E-state index < -0.39 is 16.4 Å². The van der Waals surface area contributed by atoms with Crippen molar-refractivity contribution in [1.82, 2.24) is 10.2 Å². The smallest absolute Gasteiger partial charge is 0.410 e. The molecule has 1 aliphatic heterocycles. The molecule has 1 saturated heterocycles. The Balaban J connectivity index is 2.42. The summed E-state index contributed by atoms with van der Waals surface area (Å²) < 4.78 is 16.9. The molecule has 0 radical (unpaired) electrons. The minimum absolute atomic E-state index is 0.184. The number of carbonyl (C=O) groups excluding carboxylic acids is 1. The molecule has 0 aromatic rings. The Hall–Kier alpha value is -0.620. The van der Waals surface area contributed by atoms with Crippen molar-refractivity contribution in [3.8, 4) is 0 Å². The summed E-state index contributed by atoms with van der Waals surface area (Å²) in [6, 6.07) is 0.184. The van der Waals surface area contributed by atoms with E-state index in [1.54, 1.807) is 0 Å². The molecule has 0 spiro atoms. The molecule has 2 unspecified atom stereocenters. The average molecular weight is 318 g/mol. The molecular formula is C15H30N2O3S. The average Bonchev–Trinajstić information content (AvgIpc) is 2.41. The van der Waals surface area contributed by atoms with E-state index in [4.69, 9.17) is 4.74 Å². The number of hydrogen-bond donors (Lipinski definition) is 1. The Morgan fingerprint density at radius 3 is 2.71 bits per heavy atom. The summed E-state index contributed by atoms with van der Waals surface area (Å²) in [6.07, 6.45) is 2.97. The number of carbonyl (C=O) groups is 1. The molecule has 124 valence electrons. The van der Waals surface area contributed by atoms with Crippen molar-refractivity contribution in [2.45, 2.75) is 58.6 Å². The predicted molar refractivity (Wildman–Crippen MR) is 87.0 cm³/mol. The van der Waals surface area contributed by atoms with E-state index >= 15 is 0 Å². The van der Waals surface area contributed by atoms with Crippen LogP contribution in [0.15, 0.2) is 0 Å². The van der Waals surface area contributed by atoms with Gasteiger partial charge >= 0.3 is 6.09 Å². The van der Waals surface area contributed by atoms with Gasteiger partial charge in [0.05, 0.1) is 0 Å². The Bertz CT molecular complexity index is 355. The molecule has 1 rings (SSSR count). The van der Waals surface area contributed by atoms with Crippen LogP contribution in [0.1, 0.15) is 47.0 Å². The Morgan fingerprint density at radius 1 is 1.38 bits per heavy atom. The van der Waals surface area contributed by atoms with Crippen molar-refractivity contribution in [1.29, 1.82) is 0 Å². The second-order valence-electron chi connectivity index (χ2n) is 6.46. The first-order chi connectivity index (χ1) is 9.83. The maximum Gasteiger partial charge on any atom is 0.410 e. The zero-order chi connectivity index (χ0) is 15.9. The van der Waals surface area contributed by atoms with Gasteiger partial charge in [0.2, 0.25) is 0 Å².